The summed E-state index contributed by atoms with van der Waals surface area (Å²) in [4.78, 5) is 11.8. The molecule has 1 fully saturated rings. The summed E-state index contributed by atoms with van der Waals surface area (Å²) in [5.41, 5.74) is -1.04. The monoisotopic (exact) mass is 198 g/mol. The summed E-state index contributed by atoms with van der Waals surface area (Å²) in [5.74, 6) is 0.613. The van der Waals surface area contributed by atoms with Gasteiger partial charge in [-0.2, -0.15) is 0 Å². The summed E-state index contributed by atoms with van der Waals surface area (Å²) >= 11 is 0. The Bertz CT molecular complexity index is 188. The van der Waals surface area contributed by atoms with Crippen LogP contribution in [0.4, 0.5) is 0 Å². The topological polar surface area (TPSA) is 37.3 Å². The summed E-state index contributed by atoms with van der Waals surface area (Å²) in [6, 6.07) is 0. The third-order valence-corrected chi connectivity index (χ3v) is 3.64. The number of hydrogen-bond donors (Lipinski definition) is 1. The number of carbonyl (C=O) groups is 1. The lowest BCUT2D eigenvalue weighted by Crippen LogP contribution is -2.38. The molecule has 2 heteroatoms. The van der Waals surface area contributed by atoms with E-state index in [9.17, 15) is 9.90 Å². The van der Waals surface area contributed by atoms with Gasteiger partial charge in [0.25, 0.3) is 0 Å². The molecule has 0 atom stereocenters. The van der Waals surface area contributed by atoms with Crippen LogP contribution < -0.4 is 0 Å². The predicted octanol–water partition coefficient (Wildman–Crippen LogP) is 2.69. The van der Waals surface area contributed by atoms with Crippen LogP contribution in [-0.2, 0) is 4.79 Å². The van der Waals surface area contributed by atoms with Gasteiger partial charge in [-0.25, -0.2) is 0 Å². The van der Waals surface area contributed by atoms with E-state index < -0.39 is 5.60 Å². The first-order chi connectivity index (χ1) is 6.62. The van der Waals surface area contributed by atoms with Crippen LogP contribution in [0.1, 0.15) is 58.8 Å². The van der Waals surface area contributed by atoms with Crippen molar-refractivity contribution in [2.75, 3.05) is 0 Å². The molecule has 0 aromatic heterocycles. The van der Waals surface area contributed by atoms with Crippen molar-refractivity contribution in [1.82, 2.24) is 0 Å². The lowest BCUT2D eigenvalue weighted by molar-refractivity contribution is -0.139. The van der Waals surface area contributed by atoms with Crippen molar-refractivity contribution in [2.45, 2.75) is 64.4 Å². The van der Waals surface area contributed by atoms with Gasteiger partial charge in [-0.3, -0.25) is 4.79 Å². The number of aliphatic hydroxyl groups is 1. The van der Waals surface area contributed by atoms with Crippen molar-refractivity contribution in [3.05, 3.63) is 0 Å². The summed E-state index contributed by atoms with van der Waals surface area (Å²) in [7, 11) is 0. The van der Waals surface area contributed by atoms with E-state index in [1.807, 2.05) is 13.8 Å². The standard InChI is InChI=1S/C12H22O2/c1-3-12(14,4-2)11(13)9-10-7-5-6-8-10/h10,14H,3-9H2,1-2H3. The Hall–Kier alpha value is -0.370. The van der Waals surface area contributed by atoms with E-state index in [1.165, 1.54) is 25.7 Å². The Labute approximate surface area is 86.7 Å². The Morgan fingerprint density at radius 2 is 1.79 bits per heavy atom. The van der Waals surface area contributed by atoms with Gasteiger partial charge in [0.1, 0.15) is 5.60 Å². The second kappa shape index (κ2) is 4.92. The smallest absolute Gasteiger partial charge is 0.164 e. The van der Waals surface area contributed by atoms with Crippen molar-refractivity contribution in [2.24, 2.45) is 5.92 Å². The number of carbonyl (C=O) groups excluding carboxylic acids is 1. The summed E-state index contributed by atoms with van der Waals surface area (Å²) in [5, 5.41) is 10.0. The van der Waals surface area contributed by atoms with Crippen molar-refractivity contribution in [1.29, 1.82) is 0 Å². The minimum Gasteiger partial charge on any atom is -0.382 e. The van der Waals surface area contributed by atoms with Crippen LogP contribution in [0.3, 0.4) is 0 Å². The molecule has 0 amide bonds. The van der Waals surface area contributed by atoms with Gasteiger partial charge in [-0.05, 0) is 18.8 Å². The van der Waals surface area contributed by atoms with E-state index in [1.54, 1.807) is 0 Å². The Morgan fingerprint density at radius 1 is 1.29 bits per heavy atom. The van der Waals surface area contributed by atoms with Gasteiger partial charge < -0.3 is 5.11 Å². The van der Waals surface area contributed by atoms with E-state index in [4.69, 9.17) is 0 Å². The first-order valence-electron chi connectivity index (χ1n) is 5.88. The van der Waals surface area contributed by atoms with Gasteiger partial charge in [-0.1, -0.05) is 39.5 Å². The predicted molar refractivity (Wildman–Crippen MR) is 57.1 cm³/mol. The normalized spacial score (nSPS) is 18.8. The average molecular weight is 198 g/mol. The zero-order chi connectivity index (χ0) is 10.6. The van der Waals surface area contributed by atoms with Crippen LogP contribution in [0.25, 0.3) is 0 Å². The summed E-state index contributed by atoms with van der Waals surface area (Å²) in [6.07, 6.45) is 6.57. The third-order valence-electron chi connectivity index (χ3n) is 3.64. The van der Waals surface area contributed by atoms with Gasteiger partial charge in [0.2, 0.25) is 0 Å². The largest absolute Gasteiger partial charge is 0.382 e. The Morgan fingerprint density at radius 3 is 2.21 bits per heavy atom. The van der Waals surface area contributed by atoms with Crippen LogP contribution in [0.5, 0.6) is 0 Å². The van der Waals surface area contributed by atoms with Gasteiger partial charge in [0.15, 0.2) is 5.78 Å². The fraction of sp³-hybridized carbons (Fsp3) is 0.917. The fourth-order valence-electron chi connectivity index (χ4n) is 2.31. The number of rotatable bonds is 5. The van der Waals surface area contributed by atoms with Gasteiger partial charge >= 0.3 is 0 Å². The molecule has 1 rings (SSSR count). The first-order valence-corrected chi connectivity index (χ1v) is 5.88. The maximum Gasteiger partial charge on any atom is 0.164 e. The van der Waals surface area contributed by atoms with Gasteiger partial charge in [-0.15, -0.1) is 0 Å². The molecule has 0 aliphatic heterocycles. The van der Waals surface area contributed by atoms with Gasteiger partial charge in [0.05, 0.1) is 0 Å². The number of Topliss-reactive ketones (excluding diaryl/α,β-unsaturated/α-hetero) is 1. The summed E-state index contributed by atoms with van der Waals surface area (Å²) in [6.45, 7) is 3.77. The quantitative estimate of drug-likeness (QED) is 0.737. The molecule has 14 heavy (non-hydrogen) atoms. The van der Waals surface area contributed by atoms with E-state index in [-0.39, 0.29) is 5.78 Å². The highest BCUT2D eigenvalue weighted by atomic mass is 16.3. The lowest BCUT2D eigenvalue weighted by Gasteiger charge is -2.24. The maximum absolute atomic E-state index is 11.8. The molecule has 1 aliphatic carbocycles. The summed E-state index contributed by atoms with van der Waals surface area (Å²) < 4.78 is 0. The van der Waals surface area contributed by atoms with E-state index in [0.29, 0.717) is 25.2 Å². The molecule has 0 radical (unpaired) electrons. The second-order valence-electron chi connectivity index (χ2n) is 4.52. The van der Waals surface area contributed by atoms with Crippen molar-refractivity contribution >= 4 is 5.78 Å². The molecule has 2 nitrogen and oxygen atoms in total. The SMILES string of the molecule is CCC(O)(CC)C(=O)CC1CCCC1. The third kappa shape index (κ3) is 2.57. The molecule has 0 bridgehead atoms. The van der Waals surface area contributed by atoms with Crippen LogP contribution in [-0.4, -0.2) is 16.5 Å². The highest BCUT2D eigenvalue weighted by Crippen LogP contribution is 2.30. The fourth-order valence-corrected chi connectivity index (χ4v) is 2.31. The van der Waals surface area contributed by atoms with Crippen LogP contribution >= 0.6 is 0 Å². The molecule has 1 aliphatic rings. The molecule has 0 aromatic carbocycles. The molecule has 0 heterocycles. The number of hydrogen-bond acceptors (Lipinski definition) is 2. The molecule has 0 aromatic rings. The molecule has 0 saturated heterocycles. The Kier molecular flexibility index (Phi) is 4.11. The lowest BCUT2D eigenvalue weighted by atomic mass is 9.86. The zero-order valence-electron chi connectivity index (χ0n) is 9.38. The highest BCUT2D eigenvalue weighted by Gasteiger charge is 2.33. The molecule has 0 unspecified atom stereocenters. The van der Waals surface area contributed by atoms with Crippen LogP contribution in [0.2, 0.25) is 0 Å². The average Bonchev–Trinajstić information content (AvgIpc) is 2.69. The molecular formula is C12H22O2. The number of ketones is 1. The minimum absolute atomic E-state index is 0.0643. The first kappa shape index (κ1) is 11.7. The maximum atomic E-state index is 11.8. The molecule has 82 valence electrons. The highest BCUT2D eigenvalue weighted by molar-refractivity contribution is 5.87. The zero-order valence-corrected chi connectivity index (χ0v) is 9.38. The van der Waals surface area contributed by atoms with Gasteiger partial charge in [0, 0.05) is 6.42 Å². The molecular weight excluding hydrogens is 176 g/mol. The van der Waals surface area contributed by atoms with E-state index in [2.05, 4.69) is 0 Å². The van der Waals surface area contributed by atoms with Crippen LogP contribution in [0, 0.1) is 5.92 Å². The molecule has 1 saturated carbocycles. The van der Waals surface area contributed by atoms with E-state index in [0.717, 1.165) is 0 Å². The minimum atomic E-state index is -1.04. The molecule has 1 N–H and O–H groups in total. The Balaban J connectivity index is 2.46. The van der Waals surface area contributed by atoms with Crippen molar-refractivity contribution < 1.29 is 9.90 Å². The second-order valence-corrected chi connectivity index (χ2v) is 4.52. The van der Waals surface area contributed by atoms with Crippen molar-refractivity contribution in [3.63, 3.8) is 0 Å². The van der Waals surface area contributed by atoms with E-state index >= 15 is 0 Å². The molecule has 0 spiro atoms. The van der Waals surface area contributed by atoms with Crippen LogP contribution in [0.15, 0.2) is 0 Å². The van der Waals surface area contributed by atoms with Crippen molar-refractivity contribution in [3.8, 4) is 0 Å².